The summed E-state index contributed by atoms with van der Waals surface area (Å²) in [5, 5.41) is 7.36. The zero-order valence-corrected chi connectivity index (χ0v) is 19.0. The molecule has 0 saturated heterocycles. The van der Waals surface area contributed by atoms with Crippen LogP contribution in [0, 0.1) is 0 Å². The molecule has 1 aliphatic heterocycles. The van der Waals surface area contributed by atoms with Gasteiger partial charge in [0.05, 0.1) is 34.5 Å². The van der Waals surface area contributed by atoms with Gasteiger partial charge in [-0.3, -0.25) is 0 Å². The van der Waals surface area contributed by atoms with Crippen LogP contribution in [0.5, 0.6) is 23.0 Å². The minimum absolute atomic E-state index is 0.0344. The number of nitrogens with one attached hydrogen (secondary N) is 2. The maximum atomic E-state index is 5.58. The van der Waals surface area contributed by atoms with E-state index in [0.717, 1.165) is 41.7 Å². The van der Waals surface area contributed by atoms with Gasteiger partial charge in [-0.05, 0) is 71.6 Å². The highest BCUT2D eigenvalue weighted by Gasteiger charge is 2.29. The molecule has 0 unspecified atom stereocenters. The Labute approximate surface area is 189 Å². The number of rotatable bonds is 8. The van der Waals surface area contributed by atoms with Crippen molar-refractivity contribution in [2.24, 2.45) is 0 Å². The molecule has 32 heavy (non-hydrogen) atoms. The second kappa shape index (κ2) is 9.83. The van der Waals surface area contributed by atoms with Crippen molar-refractivity contribution in [3.8, 4) is 23.0 Å². The maximum Gasteiger partial charge on any atom is 0.161 e. The van der Waals surface area contributed by atoms with Crippen LogP contribution in [0.2, 0.25) is 0 Å². The van der Waals surface area contributed by atoms with Crippen molar-refractivity contribution in [1.82, 2.24) is 5.32 Å². The van der Waals surface area contributed by atoms with Gasteiger partial charge in [0.25, 0.3) is 0 Å². The summed E-state index contributed by atoms with van der Waals surface area (Å²) in [5.41, 5.74) is 4.69. The molecule has 6 heteroatoms. The summed E-state index contributed by atoms with van der Waals surface area (Å²) in [6.07, 6.45) is 0.880. The van der Waals surface area contributed by atoms with Crippen LogP contribution in [-0.4, -0.2) is 41.0 Å². The minimum atomic E-state index is 0.0344. The Morgan fingerprint density at radius 3 is 1.97 bits per heavy atom. The summed E-state index contributed by atoms with van der Waals surface area (Å²) >= 11 is 0. The van der Waals surface area contributed by atoms with Gasteiger partial charge < -0.3 is 29.6 Å². The highest BCUT2D eigenvalue weighted by atomic mass is 16.5. The lowest BCUT2D eigenvalue weighted by atomic mass is 9.86. The van der Waals surface area contributed by atoms with E-state index < -0.39 is 0 Å². The van der Waals surface area contributed by atoms with Crippen molar-refractivity contribution < 1.29 is 18.9 Å². The van der Waals surface area contributed by atoms with E-state index in [1.54, 1.807) is 28.4 Å². The third kappa shape index (κ3) is 4.60. The predicted octanol–water partition coefficient (Wildman–Crippen LogP) is 4.44. The predicted molar refractivity (Wildman–Crippen MR) is 126 cm³/mol. The molecule has 0 fully saturated rings. The summed E-state index contributed by atoms with van der Waals surface area (Å²) in [5.74, 6) is 3.18. The topological polar surface area (TPSA) is 61.0 Å². The van der Waals surface area contributed by atoms with E-state index in [9.17, 15) is 0 Å². The van der Waals surface area contributed by atoms with Crippen molar-refractivity contribution in [2.75, 3.05) is 40.3 Å². The largest absolute Gasteiger partial charge is 0.497 e. The van der Waals surface area contributed by atoms with Gasteiger partial charge in [-0.2, -0.15) is 0 Å². The molecule has 1 aliphatic rings. The first kappa shape index (κ1) is 21.8. The molecule has 0 bridgehead atoms. The number of methoxy groups -OCH3 is 4. The van der Waals surface area contributed by atoms with Gasteiger partial charge in [-0.15, -0.1) is 0 Å². The molecule has 3 aromatic carbocycles. The Hall–Kier alpha value is -3.38. The van der Waals surface area contributed by atoms with E-state index in [1.807, 2.05) is 36.4 Å². The number of anilines is 1. The smallest absolute Gasteiger partial charge is 0.161 e. The second-order valence-corrected chi connectivity index (χ2v) is 7.79. The fourth-order valence-corrected chi connectivity index (χ4v) is 4.19. The van der Waals surface area contributed by atoms with Gasteiger partial charge in [0, 0.05) is 18.3 Å². The average Bonchev–Trinajstić information content (AvgIpc) is 2.86. The molecule has 0 amide bonds. The molecular formula is C26H30N2O4. The van der Waals surface area contributed by atoms with E-state index in [0.29, 0.717) is 0 Å². The Morgan fingerprint density at radius 2 is 1.38 bits per heavy atom. The molecule has 0 aliphatic carbocycles. The van der Waals surface area contributed by atoms with E-state index in [-0.39, 0.29) is 12.1 Å². The van der Waals surface area contributed by atoms with Crippen LogP contribution in [-0.2, 0) is 6.42 Å². The van der Waals surface area contributed by atoms with Gasteiger partial charge in [-0.25, -0.2) is 0 Å². The lowest BCUT2D eigenvalue weighted by Gasteiger charge is -2.34. The van der Waals surface area contributed by atoms with Gasteiger partial charge in [0.2, 0.25) is 0 Å². The van der Waals surface area contributed by atoms with Crippen LogP contribution in [0.3, 0.4) is 0 Å². The molecule has 6 nitrogen and oxygen atoms in total. The lowest BCUT2D eigenvalue weighted by molar-refractivity contribution is 0.351. The summed E-state index contributed by atoms with van der Waals surface area (Å²) in [6, 6.07) is 20.7. The van der Waals surface area contributed by atoms with Crippen LogP contribution in [0.4, 0.5) is 5.69 Å². The maximum absolute atomic E-state index is 5.58. The molecule has 2 N–H and O–H groups in total. The number of fused-ring (bicyclic) bond motifs is 1. The average molecular weight is 435 g/mol. The molecule has 0 spiro atoms. The van der Waals surface area contributed by atoms with Crippen molar-refractivity contribution in [2.45, 2.75) is 18.5 Å². The van der Waals surface area contributed by atoms with E-state index in [2.05, 4.69) is 34.9 Å². The van der Waals surface area contributed by atoms with E-state index in [4.69, 9.17) is 18.9 Å². The minimum Gasteiger partial charge on any atom is -0.497 e. The standard InChI is InChI=1S/C26H30N2O4/c1-29-21-9-5-17(6-10-21)26-23-15-25(32-4)24(31-3)14-18(23)13-20(28-26)16-27-19-7-11-22(30-2)12-8-19/h5-12,14-15,20,26-28H,13,16H2,1-4H3/t20-,26-/m0/s1. The van der Waals surface area contributed by atoms with Crippen LogP contribution < -0.4 is 29.6 Å². The first-order chi connectivity index (χ1) is 15.6. The fraction of sp³-hybridized carbons (Fsp3) is 0.308. The quantitative estimate of drug-likeness (QED) is 0.547. The Kier molecular flexibility index (Phi) is 6.71. The Morgan fingerprint density at radius 1 is 0.781 bits per heavy atom. The van der Waals surface area contributed by atoms with Gasteiger partial charge in [0.15, 0.2) is 11.5 Å². The summed E-state index contributed by atoms with van der Waals surface area (Å²) in [4.78, 5) is 0. The Bertz CT molecular complexity index is 1030. The molecule has 4 rings (SSSR count). The van der Waals surface area contributed by atoms with E-state index >= 15 is 0 Å². The summed E-state index contributed by atoms with van der Waals surface area (Å²) in [6.45, 7) is 0.784. The second-order valence-electron chi connectivity index (χ2n) is 7.79. The molecule has 0 aromatic heterocycles. The lowest BCUT2D eigenvalue weighted by Crippen LogP contribution is -2.44. The van der Waals surface area contributed by atoms with Crippen molar-refractivity contribution in [3.05, 3.63) is 77.4 Å². The molecular weight excluding hydrogens is 404 g/mol. The number of ether oxygens (including phenoxy) is 4. The monoisotopic (exact) mass is 434 g/mol. The highest BCUT2D eigenvalue weighted by Crippen LogP contribution is 2.38. The Balaban J connectivity index is 1.61. The zero-order valence-electron chi connectivity index (χ0n) is 19.0. The van der Waals surface area contributed by atoms with Crippen molar-refractivity contribution >= 4 is 5.69 Å². The van der Waals surface area contributed by atoms with Gasteiger partial charge >= 0.3 is 0 Å². The van der Waals surface area contributed by atoms with Crippen molar-refractivity contribution in [1.29, 1.82) is 0 Å². The van der Waals surface area contributed by atoms with Crippen LogP contribution in [0.15, 0.2) is 60.7 Å². The number of hydrogen-bond donors (Lipinski definition) is 2. The number of hydrogen-bond acceptors (Lipinski definition) is 6. The van der Waals surface area contributed by atoms with Gasteiger partial charge in [0.1, 0.15) is 11.5 Å². The first-order valence-electron chi connectivity index (χ1n) is 10.7. The first-order valence-corrected chi connectivity index (χ1v) is 10.7. The summed E-state index contributed by atoms with van der Waals surface area (Å²) in [7, 11) is 6.70. The molecule has 168 valence electrons. The van der Waals surface area contributed by atoms with Crippen LogP contribution in [0.1, 0.15) is 22.7 Å². The highest BCUT2D eigenvalue weighted by molar-refractivity contribution is 5.53. The summed E-state index contributed by atoms with van der Waals surface area (Å²) < 4.78 is 21.7. The fourth-order valence-electron chi connectivity index (χ4n) is 4.19. The SMILES string of the molecule is COc1ccc(NC[C@@H]2Cc3cc(OC)c(OC)cc3[C@H](c3ccc(OC)cc3)N2)cc1. The molecule has 0 saturated carbocycles. The molecule has 1 heterocycles. The van der Waals surface area contributed by atoms with Gasteiger partial charge in [-0.1, -0.05) is 12.1 Å². The molecule has 3 aromatic rings. The van der Waals surface area contributed by atoms with E-state index in [1.165, 1.54) is 16.7 Å². The van der Waals surface area contributed by atoms with Crippen molar-refractivity contribution in [3.63, 3.8) is 0 Å². The number of benzene rings is 3. The third-order valence-corrected chi connectivity index (χ3v) is 5.92. The van der Waals surface area contributed by atoms with Crippen LogP contribution in [0.25, 0.3) is 0 Å². The van der Waals surface area contributed by atoms with Crippen LogP contribution >= 0.6 is 0 Å². The molecule has 2 atom stereocenters. The molecule has 0 radical (unpaired) electrons. The third-order valence-electron chi connectivity index (χ3n) is 5.92. The zero-order chi connectivity index (χ0) is 22.5. The normalized spacial score (nSPS) is 17.2.